The molecule has 1 saturated heterocycles. The molecule has 4 nitrogen and oxygen atoms in total. The number of rotatable bonds is 2. The van der Waals surface area contributed by atoms with E-state index >= 15 is 0 Å². The van der Waals surface area contributed by atoms with E-state index < -0.39 is 0 Å². The van der Waals surface area contributed by atoms with Gasteiger partial charge in [0.15, 0.2) is 5.13 Å². The summed E-state index contributed by atoms with van der Waals surface area (Å²) in [7, 11) is 1.40. The number of ether oxygens (including phenoxy) is 1. The summed E-state index contributed by atoms with van der Waals surface area (Å²) in [6, 6.07) is 5.76. The van der Waals surface area contributed by atoms with Crippen molar-refractivity contribution < 1.29 is 9.53 Å². The van der Waals surface area contributed by atoms with E-state index in [9.17, 15) is 4.79 Å². The van der Waals surface area contributed by atoms with E-state index in [4.69, 9.17) is 11.6 Å². The molecule has 6 heteroatoms. The number of benzene rings is 1. The number of carbonyl (C=O) groups is 1. The van der Waals surface area contributed by atoms with Crippen LogP contribution in [0.1, 0.15) is 12.8 Å². The summed E-state index contributed by atoms with van der Waals surface area (Å²) in [5, 5.41) is 1.75. The van der Waals surface area contributed by atoms with Crippen LogP contribution in [-0.4, -0.2) is 31.2 Å². The van der Waals surface area contributed by atoms with Gasteiger partial charge in [-0.2, -0.15) is 0 Å². The summed E-state index contributed by atoms with van der Waals surface area (Å²) in [6.07, 6.45) is 3.34. The van der Waals surface area contributed by atoms with Gasteiger partial charge in [0.2, 0.25) is 0 Å². The lowest BCUT2D eigenvalue weighted by atomic mass is 10.0. The first kappa shape index (κ1) is 14.4. The van der Waals surface area contributed by atoms with E-state index in [0.29, 0.717) is 0 Å². The van der Waals surface area contributed by atoms with Crippen LogP contribution in [0.4, 0.5) is 5.13 Å². The molecule has 0 spiro atoms. The van der Waals surface area contributed by atoms with Gasteiger partial charge < -0.3 is 9.64 Å². The molecule has 3 rings (SSSR count). The number of aromatic nitrogens is 1. The predicted molar refractivity (Wildman–Crippen MR) is 86.2 cm³/mol. The molecule has 21 heavy (non-hydrogen) atoms. The molecule has 0 unspecified atom stereocenters. The molecule has 1 aromatic heterocycles. The highest BCUT2D eigenvalue weighted by atomic mass is 35.5. The van der Waals surface area contributed by atoms with Crippen LogP contribution in [0, 0.1) is 0 Å². The van der Waals surface area contributed by atoms with Crippen molar-refractivity contribution in [2.24, 2.45) is 0 Å². The van der Waals surface area contributed by atoms with Gasteiger partial charge in [-0.1, -0.05) is 28.5 Å². The summed E-state index contributed by atoms with van der Waals surface area (Å²) in [6.45, 7) is 1.74. The number of hydrogen-bond donors (Lipinski definition) is 0. The maximum Gasteiger partial charge on any atom is 0.330 e. The first-order chi connectivity index (χ1) is 10.2. The van der Waals surface area contributed by atoms with Gasteiger partial charge in [-0.15, -0.1) is 0 Å². The highest BCUT2D eigenvalue weighted by molar-refractivity contribution is 7.22. The molecule has 1 aliphatic rings. The van der Waals surface area contributed by atoms with Crippen LogP contribution in [0.25, 0.3) is 10.2 Å². The summed E-state index contributed by atoms with van der Waals surface area (Å²) in [4.78, 5) is 18.2. The van der Waals surface area contributed by atoms with Crippen molar-refractivity contribution >= 4 is 44.3 Å². The predicted octanol–water partition coefficient (Wildman–Crippen LogP) is 3.65. The zero-order chi connectivity index (χ0) is 14.8. The Morgan fingerprint density at radius 1 is 1.43 bits per heavy atom. The lowest BCUT2D eigenvalue weighted by Gasteiger charge is -2.27. The Labute approximate surface area is 132 Å². The topological polar surface area (TPSA) is 42.4 Å². The van der Waals surface area contributed by atoms with Crippen molar-refractivity contribution in [1.29, 1.82) is 0 Å². The molecule has 0 saturated carbocycles. The third-order valence-electron chi connectivity index (χ3n) is 3.54. The molecule has 0 atom stereocenters. The van der Waals surface area contributed by atoms with Crippen LogP contribution in [0.15, 0.2) is 29.8 Å². The van der Waals surface area contributed by atoms with Gasteiger partial charge in [0.25, 0.3) is 0 Å². The molecule has 1 aromatic carbocycles. The Kier molecular flexibility index (Phi) is 4.12. The lowest BCUT2D eigenvalue weighted by Crippen LogP contribution is -2.30. The maximum absolute atomic E-state index is 11.2. The standard InChI is InChI=1S/C15H15ClN2O2S/c1-20-14(19)8-10-4-6-18(7-5-10)15-17-12-3-2-11(16)9-13(12)21-15/h2-3,8-9H,4-7H2,1H3. The number of hydrogen-bond acceptors (Lipinski definition) is 5. The van der Waals surface area contributed by atoms with Crippen LogP contribution in [0.5, 0.6) is 0 Å². The van der Waals surface area contributed by atoms with E-state index in [1.807, 2.05) is 18.2 Å². The number of piperidine rings is 1. The quantitative estimate of drug-likeness (QED) is 0.625. The smallest absolute Gasteiger partial charge is 0.330 e. The molecular weight excluding hydrogens is 308 g/mol. The first-order valence-electron chi connectivity index (χ1n) is 6.74. The average Bonchev–Trinajstić information content (AvgIpc) is 2.90. The third-order valence-corrected chi connectivity index (χ3v) is 4.85. The molecule has 2 aromatic rings. The number of fused-ring (bicyclic) bond motifs is 1. The van der Waals surface area contributed by atoms with Crippen LogP contribution < -0.4 is 4.90 Å². The van der Waals surface area contributed by atoms with Crippen LogP contribution in [-0.2, 0) is 9.53 Å². The highest BCUT2D eigenvalue weighted by Gasteiger charge is 2.18. The van der Waals surface area contributed by atoms with Crippen molar-refractivity contribution in [2.45, 2.75) is 12.8 Å². The minimum Gasteiger partial charge on any atom is -0.466 e. The zero-order valence-electron chi connectivity index (χ0n) is 11.6. The van der Waals surface area contributed by atoms with E-state index in [2.05, 4.69) is 14.6 Å². The minimum atomic E-state index is -0.270. The fourth-order valence-electron chi connectivity index (χ4n) is 2.38. The van der Waals surface area contributed by atoms with Crippen molar-refractivity contribution in [2.75, 3.05) is 25.1 Å². The molecule has 0 aliphatic carbocycles. The average molecular weight is 323 g/mol. The first-order valence-corrected chi connectivity index (χ1v) is 7.93. The second-order valence-electron chi connectivity index (χ2n) is 4.92. The van der Waals surface area contributed by atoms with Gasteiger partial charge in [-0.25, -0.2) is 9.78 Å². The lowest BCUT2D eigenvalue weighted by molar-refractivity contribution is -0.134. The number of anilines is 1. The van der Waals surface area contributed by atoms with E-state index in [0.717, 1.165) is 51.9 Å². The summed E-state index contributed by atoms with van der Waals surface area (Å²) in [5.41, 5.74) is 2.12. The van der Waals surface area contributed by atoms with Gasteiger partial charge in [-0.3, -0.25) is 0 Å². The van der Waals surface area contributed by atoms with Crippen LogP contribution in [0.3, 0.4) is 0 Å². The van der Waals surface area contributed by atoms with Crippen molar-refractivity contribution in [1.82, 2.24) is 4.98 Å². The number of esters is 1. The fraction of sp³-hybridized carbons (Fsp3) is 0.333. The molecule has 0 radical (unpaired) electrons. The van der Waals surface area contributed by atoms with Gasteiger partial charge in [0.05, 0.1) is 17.3 Å². The Balaban J connectivity index is 1.73. The number of nitrogens with zero attached hydrogens (tertiary/aromatic N) is 2. The van der Waals surface area contributed by atoms with Gasteiger partial charge in [0, 0.05) is 24.2 Å². The molecule has 1 aliphatic heterocycles. The molecule has 0 bridgehead atoms. The Morgan fingerprint density at radius 3 is 2.90 bits per heavy atom. The SMILES string of the molecule is COC(=O)C=C1CCN(c2nc3ccc(Cl)cc3s2)CC1. The fourth-order valence-corrected chi connectivity index (χ4v) is 3.67. The molecular formula is C15H15ClN2O2S. The summed E-state index contributed by atoms with van der Waals surface area (Å²) < 4.78 is 5.77. The molecule has 2 heterocycles. The normalized spacial score (nSPS) is 15.3. The van der Waals surface area contributed by atoms with Crippen molar-refractivity contribution in [3.63, 3.8) is 0 Å². The molecule has 110 valence electrons. The van der Waals surface area contributed by atoms with Gasteiger partial charge >= 0.3 is 5.97 Å². The monoisotopic (exact) mass is 322 g/mol. The van der Waals surface area contributed by atoms with E-state index in [-0.39, 0.29) is 5.97 Å². The minimum absolute atomic E-state index is 0.270. The number of thiazole rings is 1. The Hall–Kier alpha value is -1.59. The number of carbonyl (C=O) groups excluding carboxylic acids is 1. The summed E-state index contributed by atoms with van der Waals surface area (Å²) >= 11 is 7.67. The highest BCUT2D eigenvalue weighted by Crippen LogP contribution is 2.32. The number of methoxy groups -OCH3 is 1. The van der Waals surface area contributed by atoms with Crippen molar-refractivity contribution in [3.8, 4) is 0 Å². The van der Waals surface area contributed by atoms with Gasteiger partial charge in [-0.05, 0) is 31.0 Å². The second kappa shape index (κ2) is 6.03. The third kappa shape index (κ3) is 3.19. The van der Waals surface area contributed by atoms with E-state index in [1.165, 1.54) is 7.11 Å². The van der Waals surface area contributed by atoms with Crippen molar-refractivity contribution in [3.05, 3.63) is 34.9 Å². The van der Waals surface area contributed by atoms with E-state index in [1.54, 1.807) is 17.4 Å². The Bertz CT molecular complexity index is 701. The largest absolute Gasteiger partial charge is 0.466 e. The number of halogens is 1. The summed E-state index contributed by atoms with van der Waals surface area (Å²) in [5.74, 6) is -0.270. The van der Waals surface area contributed by atoms with Crippen LogP contribution >= 0.6 is 22.9 Å². The van der Waals surface area contributed by atoms with Crippen LogP contribution in [0.2, 0.25) is 5.02 Å². The molecule has 0 N–H and O–H groups in total. The van der Waals surface area contributed by atoms with Gasteiger partial charge in [0.1, 0.15) is 0 Å². The zero-order valence-corrected chi connectivity index (χ0v) is 13.2. The molecule has 0 amide bonds. The second-order valence-corrected chi connectivity index (χ2v) is 6.37. The molecule has 1 fully saturated rings. The maximum atomic E-state index is 11.2. The Morgan fingerprint density at radius 2 is 2.19 bits per heavy atom.